The Balaban J connectivity index is 1.74. The summed E-state index contributed by atoms with van der Waals surface area (Å²) in [5, 5.41) is 15.9. The minimum atomic E-state index is -0.369. The number of furan rings is 1. The quantitative estimate of drug-likeness (QED) is 0.234. The molecule has 10 heteroatoms. The van der Waals surface area contributed by atoms with Crippen LogP contribution in [0.15, 0.2) is 77.9 Å². The van der Waals surface area contributed by atoms with E-state index in [1.54, 1.807) is 30.3 Å². The summed E-state index contributed by atoms with van der Waals surface area (Å²) in [5.74, 6) is 0.585. The SMILES string of the molecule is COc1cc(C=Nn2c(-c3cc4cc(Br)ccc4o3)nc3ccccc3c2=O)c(Br)c(Cl)c1O. The number of para-hydroxylation sites is 1. The van der Waals surface area contributed by atoms with Gasteiger partial charge in [0.1, 0.15) is 10.6 Å². The molecule has 2 aromatic heterocycles. The lowest BCUT2D eigenvalue weighted by molar-refractivity contribution is 0.373. The van der Waals surface area contributed by atoms with Crippen molar-refractivity contribution in [1.82, 2.24) is 9.66 Å². The molecule has 0 saturated heterocycles. The Bertz CT molecular complexity index is 1680. The van der Waals surface area contributed by atoms with E-state index in [4.69, 9.17) is 20.8 Å². The van der Waals surface area contributed by atoms with Crippen LogP contribution >= 0.6 is 43.5 Å². The van der Waals surface area contributed by atoms with Crippen molar-refractivity contribution in [3.63, 3.8) is 0 Å². The van der Waals surface area contributed by atoms with Crippen molar-refractivity contribution in [3.8, 4) is 23.1 Å². The van der Waals surface area contributed by atoms with E-state index in [2.05, 4.69) is 41.9 Å². The van der Waals surface area contributed by atoms with Gasteiger partial charge in [-0.05, 0) is 58.4 Å². The summed E-state index contributed by atoms with van der Waals surface area (Å²) in [6.45, 7) is 0. The van der Waals surface area contributed by atoms with E-state index in [-0.39, 0.29) is 27.9 Å². The van der Waals surface area contributed by atoms with Gasteiger partial charge >= 0.3 is 0 Å². The molecule has 0 atom stereocenters. The molecule has 0 aliphatic rings. The molecule has 2 heterocycles. The van der Waals surface area contributed by atoms with Crippen LogP contribution in [0.4, 0.5) is 0 Å². The highest BCUT2D eigenvalue weighted by molar-refractivity contribution is 9.10. The highest BCUT2D eigenvalue weighted by atomic mass is 79.9. The van der Waals surface area contributed by atoms with Crippen LogP contribution in [-0.2, 0) is 0 Å². The van der Waals surface area contributed by atoms with E-state index in [9.17, 15) is 9.90 Å². The minimum absolute atomic E-state index is 0.0628. The fraction of sp³-hybridized carbons (Fsp3) is 0.0417. The second kappa shape index (κ2) is 8.90. The number of phenols is 1. The molecule has 0 spiro atoms. The lowest BCUT2D eigenvalue weighted by Crippen LogP contribution is -2.20. The molecule has 5 aromatic rings. The van der Waals surface area contributed by atoms with Gasteiger partial charge in [-0.2, -0.15) is 9.78 Å². The molecule has 0 aliphatic carbocycles. The van der Waals surface area contributed by atoms with E-state index in [0.29, 0.717) is 32.3 Å². The summed E-state index contributed by atoms with van der Waals surface area (Å²) < 4.78 is 13.6. The van der Waals surface area contributed by atoms with Gasteiger partial charge in [-0.3, -0.25) is 4.79 Å². The molecule has 34 heavy (non-hydrogen) atoms. The van der Waals surface area contributed by atoms with Crippen LogP contribution < -0.4 is 10.3 Å². The Morgan fingerprint density at radius 2 is 1.97 bits per heavy atom. The molecular formula is C24H14Br2ClN3O4. The molecule has 0 amide bonds. The first-order valence-corrected chi connectivity index (χ1v) is 11.8. The zero-order valence-electron chi connectivity index (χ0n) is 17.4. The maximum Gasteiger partial charge on any atom is 0.282 e. The number of rotatable bonds is 4. The Hall–Kier alpha value is -3.14. The average molecular weight is 604 g/mol. The van der Waals surface area contributed by atoms with Crippen LogP contribution in [0.25, 0.3) is 33.5 Å². The van der Waals surface area contributed by atoms with Crippen LogP contribution in [0.1, 0.15) is 5.56 Å². The van der Waals surface area contributed by atoms with Gasteiger partial charge in [-0.25, -0.2) is 4.98 Å². The number of hydrogen-bond acceptors (Lipinski definition) is 6. The summed E-state index contributed by atoms with van der Waals surface area (Å²) in [6.07, 6.45) is 1.43. The number of nitrogens with zero attached hydrogens (tertiary/aromatic N) is 3. The first kappa shape index (κ1) is 22.6. The van der Waals surface area contributed by atoms with E-state index in [1.807, 2.05) is 24.3 Å². The molecule has 0 unspecified atom stereocenters. The largest absolute Gasteiger partial charge is 0.503 e. The number of aromatic hydroxyl groups is 1. The lowest BCUT2D eigenvalue weighted by Gasteiger charge is -2.10. The summed E-state index contributed by atoms with van der Waals surface area (Å²) in [5.41, 5.74) is 1.28. The molecule has 7 nitrogen and oxygen atoms in total. The fourth-order valence-corrected chi connectivity index (χ4v) is 4.48. The minimum Gasteiger partial charge on any atom is -0.503 e. The van der Waals surface area contributed by atoms with Gasteiger partial charge in [-0.15, -0.1) is 0 Å². The van der Waals surface area contributed by atoms with E-state index < -0.39 is 0 Å². The number of phenolic OH excluding ortho intramolecular Hbond substituents is 1. The van der Waals surface area contributed by atoms with E-state index in [1.165, 1.54) is 18.0 Å². The number of methoxy groups -OCH3 is 1. The Morgan fingerprint density at radius 1 is 1.18 bits per heavy atom. The third-order valence-electron chi connectivity index (χ3n) is 5.16. The number of ether oxygens (including phenoxy) is 1. The second-order valence-corrected chi connectivity index (χ2v) is 9.34. The normalized spacial score (nSPS) is 11.6. The van der Waals surface area contributed by atoms with Gasteiger partial charge < -0.3 is 14.3 Å². The highest BCUT2D eigenvalue weighted by Crippen LogP contribution is 2.41. The molecule has 1 N–H and O–H groups in total. The summed E-state index contributed by atoms with van der Waals surface area (Å²) in [7, 11) is 1.41. The van der Waals surface area contributed by atoms with Gasteiger partial charge in [0.25, 0.3) is 5.56 Å². The van der Waals surface area contributed by atoms with Gasteiger partial charge in [-0.1, -0.05) is 39.7 Å². The second-order valence-electron chi connectivity index (χ2n) is 7.25. The third kappa shape index (κ3) is 3.89. The van der Waals surface area contributed by atoms with Crippen LogP contribution in [0, 0.1) is 0 Å². The van der Waals surface area contributed by atoms with E-state index >= 15 is 0 Å². The summed E-state index contributed by atoms with van der Waals surface area (Å²) >= 11 is 13.0. The van der Waals surface area contributed by atoms with Gasteiger partial charge in [0.05, 0.1) is 24.2 Å². The van der Waals surface area contributed by atoms with Gasteiger partial charge in [0.2, 0.25) is 5.82 Å². The topological polar surface area (TPSA) is 89.9 Å². The number of aromatic nitrogens is 2. The number of benzene rings is 3. The molecule has 0 radical (unpaired) electrons. The predicted molar refractivity (Wildman–Crippen MR) is 139 cm³/mol. The molecule has 5 rings (SSSR count). The van der Waals surface area contributed by atoms with Crippen molar-refractivity contribution in [2.75, 3.05) is 7.11 Å². The van der Waals surface area contributed by atoms with Crippen molar-refractivity contribution >= 4 is 71.5 Å². The van der Waals surface area contributed by atoms with Crippen molar-refractivity contribution in [1.29, 1.82) is 0 Å². The zero-order valence-corrected chi connectivity index (χ0v) is 21.3. The predicted octanol–water partition coefficient (Wildman–Crippen LogP) is 6.58. The first-order chi connectivity index (χ1) is 16.4. The summed E-state index contributed by atoms with van der Waals surface area (Å²) in [6, 6.07) is 16.0. The fourth-order valence-electron chi connectivity index (χ4n) is 3.50. The maximum absolute atomic E-state index is 13.4. The molecule has 0 bridgehead atoms. The zero-order chi connectivity index (χ0) is 24.0. The van der Waals surface area contributed by atoms with E-state index in [0.717, 1.165) is 9.86 Å². The van der Waals surface area contributed by atoms with Crippen molar-refractivity contribution in [2.24, 2.45) is 5.10 Å². The third-order valence-corrected chi connectivity index (χ3v) is 7.10. The van der Waals surface area contributed by atoms with Gasteiger partial charge in [0.15, 0.2) is 17.3 Å². The van der Waals surface area contributed by atoms with Crippen LogP contribution in [0.2, 0.25) is 5.02 Å². The van der Waals surface area contributed by atoms with Crippen molar-refractivity contribution in [2.45, 2.75) is 0 Å². The standard InChI is InChI=1S/C24H14Br2ClN3O4/c1-33-18-10-13(20(26)21(27)22(18)31)11-28-30-23(29-16-5-3-2-4-15(16)24(30)32)19-9-12-8-14(25)6-7-17(12)34-19/h2-11,31H,1H3. The number of hydrogen-bond donors (Lipinski definition) is 1. The molecule has 170 valence electrons. The van der Waals surface area contributed by atoms with Crippen molar-refractivity contribution in [3.05, 3.63) is 84.5 Å². The number of halogens is 3. The Labute approximate surface area is 214 Å². The highest BCUT2D eigenvalue weighted by Gasteiger charge is 2.18. The average Bonchev–Trinajstić information content (AvgIpc) is 3.26. The maximum atomic E-state index is 13.4. The molecule has 3 aromatic carbocycles. The first-order valence-electron chi connectivity index (χ1n) is 9.88. The lowest BCUT2D eigenvalue weighted by atomic mass is 10.2. The van der Waals surface area contributed by atoms with Crippen LogP contribution in [0.3, 0.4) is 0 Å². The van der Waals surface area contributed by atoms with Crippen LogP contribution in [0.5, 0.6) is 11.5 Å². The molecular weight excluding hydrogens is 590 g/mol. The Kier molecular flexibility index (Phi) is 5.93. The summed E-state index contributed by atoms with van der Waals surface area (Å²) in [4.78, 5) is 18.1. The monoisotopic (exact) mass is 601 g/mol. The van der Waals surface area contributed by atoms with Gasteiger partial charge in [0, 0.05) is 19.9 Å². The Morgan fingerprint density at radius 3 is 2.76 bits per heavy atom. The molecule has 0 fully saturated rings. The molecule has 0 saturated carbocycles. The van der Waals surface area contributed by atoms with Crippen molar-refractivity contribution < 1.29 is 14.3 Å². The molecule has 0 aliphatic heterocycles. The number of fused-ring (bicyclic) bond motifs is 2. The smallest absolute Gasteiger partial charge is 0.282 e. The van der Waals surface area contributed by atoms with Crippen LogP contribution in [-0.4, -0.2) is 28.1 Å².